The number of carbonyl (C=O) groups is 1. The third-order valence-corrected chi connectivity index (χ3v) is 6.49. The van der Waals surface area contributed by atoms with Crippen molar-refractivity contribution in [1.82, 2.24) is 0 Å². The molecule has 0 spiro atoms. The summed E-state index contributed by atoms with van der Waals surface area (Å²) in [4.78, 5) is 13.4. The lowest BCUT2D eigenvalue weighted by atomic mass is 9.68. The topological polar surface area (TPSA) is 47.6 Å². The van der Waals surface area contributed by atoms with Gasteiger partial charge in [-0.15, -0.1) is 0 Å². The molecule has 0 saturated heterocycles. The van der Waals surface area contributed by atoms with Crippen molar-refractivity contribution in [3.63, 3.8) is 0 Å². The summed E-state index contributed by atoms with van der Waals surface area (Å²) in [6.07, 6.45) is 1.44. The van der Waals surface area contributed by atoms with E-state index in [1.807, 2.05) is 18.2 Å². The first-order valence-corrected chi connectivity index (χ1v) is 10.7. The summed E-state index contributed by atoms with van der Waals surface area (Å²) in [6, 6.07) is 18.4. The van der Waals surface area contributed by atoms with Crippen LogP contribution in [0, 0.1) is 5.41 Å². The molecule has 4 heteroatoms. The van der Waals surface area contributed by atoms with Gasteiger partial charge in [0.05, 0.1) is 25.9 Å². The zero-order valence-electron chi connectivity index (χ0n) is 18.4. The second kappa shape index (κ2) is 7.16. The standard InChI is InChI=1S/C27H27NO3/c1-27(2)14-20-19-11-9-16-7-5-6-8-18(16)26(19)28-25(24(20)21(29)15-27)17-10-12-22(30-3)23(13-17)31-4/h5-13,25,28H,14-15H2,1-4H3. The van der Waals surface area contributed by atoms with Crippen LogP contribution in [0.1, 0.15) is 43.9 Å². The van der Waals surface area contributed by atoms with Crippen LogP contribution >= 0.6 is 0 Å². The fourth-order valence-electron chi connectivity index (χ4n) is 5.09. The van der Waals surface area contributed by atoms with Crippen LogP contribution in [0.4, 0.5) is 5.69 Å². The van der Waals surface area contributed by atoms with Crippen LogP contribution in [0.5, 0.6) is 11.5 Å². The fraction of sp³-hybridized carbons (Fsp3) is 0.296. The zero-order valence-corrected chi connectivity index (χ0v) is 18.4. The van der Waals surface area contributed by atoms with Gasteiger partial charge in [-0.05, 0) is 40.5 Å². The summed E-state index contributed by atoms with van der Waals surface area (Å²) in [6.45, 7) is 4.37. The van der Waals surface area contributed by atoms with Gasteiger partial charge in [0.25, 0.3) is 0 Å². The summed E-state index contributed by atoms with van der Waals surface area (Å²) in [5, 5.41) is 6.09. The molecule has 0 fully saturated rings. The third kappa shape index (κ3) is 3.18. The lowest BCUT2D eigenvalue weighted by molar-refractivity contribution is -0.118. The maximum atomic E-state index is 13.4. The highest BCUT2D eigenvalue weighted by Crippen LogP contribution is 2.52. The van der Waals surface area contributed by atoms with Crippen molar-refractivity contribution in [2.45, 2.75) is 32.7 Å². The van der Waals surface area contributed by atoms with E-state index in [1.54, 1.807) is 14.2 Å². The Balaban J connectivity index is 1.76. The number of methoxy groups -OCH3 is 2. The number of allylic oxidation sites excluding steroid dienone is 1. The molecule has 1 unspecified atom stereocenters. The predicted octanol–water partition coefficient (Wildman–Crippen LogP) is 6.17. The second-order valence-corrected chi connectivity index (χ2v) is 9.23. The Bertz CT molecular complexity index is 1240. The number of benzene rings is 3. The quantitative estimate of drug-likeness (QED) is 0.558. The normalized spacial score (nSPS) is 19.5. The summed E-state index contributed by atoms with van der Waals surface area (Å²) >= 11 is 0. The van der Waals surface area contributed by atoms with Crippen LogP contribution in [0.25, 0.3) is 16.3 Å². The molecule has 158 valence electrons. The molecule has 1 aliphatic heterocycles. The van der Waals surface area contributed by atoms with Gasteiger partial charge in [0, 0.05) is 22.9 Å². The summed E-state index contributed by atoms with van der Waals surface area (Å²) < 4.78 is 11.0. The minimum atomic E-state index is -0.225. The molecule has 5 rings (SSSR count). The van der Waals surface area contributed by atoms with Gasteiger partial charge in [0.15, 0.2) is 17.3 Å². The molecule has 1 aliphatic carbocycles. The summed E-state index contributed by atoms with van der Waals surface area (Å²) in [5.41, 5.74) is 5.23. The molecule has 31 heavy (non-hydrogen) atoms. The predicted molar refractivity (Wildman–Crippen MR) is 125 cm³/mol. The van der Waals surface area contributed by atoms with Gasteiger partial charge in [-0.25, -0.2) is 0 Å². The van der Waals surface area contributed by atoms with Crippen molar-refractivity contribution in [1.29, 1.82) is 0 Å². The number of rotatable bonds is 3. The van der Waals surface area contributed by atoms with Crippen LogP contribution in [-0.2, 0) is 4.79 Å². The largest absolute Gasteiger partial charge is 0.493 e. The minimum absolute atomic E-state index is 0.0572. The Morgan fingerprint density at radius 1 is 0.935 bits per heavy atom. The Morgan fingerprint density at radius 2 is 1.71 bits per heavy atom. The number of fused-ring (bicyclic) bond motifs is 4. The first-order chi connectivity index (χ1) is 14.9. The molecule has 0 aromatic heterocycles. The number of carbonyl (C=O) groups excluding carboxylic acids is 1. The van der Waals surface area contributed by atoms with Gasteiger partial charge in [-0.1, -0.05) is 56.3 Å². The monoisotopic (exact) mass is 413 g/mol. The van der Waals surface area contributed by atoms with E-state index >= 15 is 0 Å². The average molecular weight is 414 g/mol. The summed E-state index contributed by atoms with van der Waals surface area (Å²) in [5.74, 6) is 1.56. The number of hydrogen-bond acceptors (Lipinski definition) is 4. The van der Waals surface area contributed by atoms with Crippen molar-refractivity contribution < 1.29 is 14.3 Å². The molecular formula is C27H27NO3. The number of nitrogens with one attached hydrogen (secondary N) is 1. The van der Waals surface area contributed by atoms with Crippen LogP contribution in [0.3, 0.4) is 0 Å². The van der Waals surface area contributed by atoms with E-state index in [4.69, 9.17) is 9.47 Å². The zero-order chi connectivity index (χ0) is 21.8. The van der Waals surface area contributed by atoms with Crippen molar-refractivity contribution in [3.8, 4) is 11.5 Å². The lowest BCUT2D eigenvalue weighted by Gasteiger charge is -2.40. The van der Waals surface area contributed by atoms with Crippen molar-refractivity contribution >= 4 is 27.8 Å². The molecule has 4 nitrogen and oxygen atoms in total. The molecule has 0 amide bonds. The number of ether oxygens (including phenoxy) is 2. The molecule has 2 aliphatic rings. The maximum absolute atomic E-state index is 13.4. The highest BCUT2D eigenvalue weighted by atomic mass is 16.5. The molecular weight excluding hydrogens is 386 g/mol. The molecule has 1 atom stereocenters. The maximum Gasteiger partial charge on any atom is 0.162 e. The van der Waals surface area contributed by atoms with Crippen LogP contribution in [0.2, 0.25) is 0 Å². The number of hydrogen-bond donors (Lipinski definition) is 1. The van der Waals surface area contributed by atoms with E-state index in [0.29, 0.717) is 17.9 Å². The first-order valence-electron chi connectivity index (χ1n) is 10.7. The SMILES string of the molecule is COc1ccc(C2Nc3c(ccc4ccccc34)C3=C2C(=O)CC(C)(C)C3)cc1OC. The van der Waals surface area contributed by atoms with Crippen LogP contribution in [0.15, 0.2) is 60.2 Å². The Labute approximate surface area is 182 Å². The van der Waals surface area contributed by atoms with Gasteiger partial charge in [0.1, 0.15) is 0 Å². The van der Waals surface area contributed by atoms with E-state index in [1.165, 1.54) is 16.3 Å². The van der Waals surface area contributed by atoms with E-state index in [-0.39, 0.29) is 17.2 Å². The fourth-order valence-corrected chi connectivity index (χ4v) is 5.09. The second-order valence-electron chi connectivity index (χ2n) is 9.23. The van der Waals surface area contributed by atoms with Gasteiger partial charge >= 0.3 is 0 Å². The van der Waals surface area contributed by atoms with Crippen molar-refractivity contribution in [2.24, 2.45) is 5.41 Å². The van der Waals surface area contributed by atoms with Crippen LogP contribution < -0.4 is 14.8 Å². The average Bonchev–Trinajstić information content (AvgIpc) is 2.77. The van der Waals surface area contributed by atoms with E-state index < -0.39 is 0 Å². The summed E-state index contributed by atoms with van der Waals surface area (Å²) in [7, 11) is 3.27. The molecule has 3 aromatic carbocycles. The highest BCUT2D eigenvalue weighted by molar-refractivity contribution is 6.12. The van der Waals surface area contributed by atoms with Crippen LogP contribution in [-0.4, -0.2) is 20.0 Å². The lowest BCUT2D eigenvalue weighted by Crippen LogP contribution is -2.33. The highest BCUT2D eigenvalue weighted by Gasteiger charge is 2.40. The number of Topliss-reactive ketones (excluding diaryl/α,β-unsaturated/α-hetero) is 1. The molecule has 1 N–H and O–H groups in total. The molecule has 3 aromatic rings. The number of anilines is 1. The van der Waals surface area contributed by atoms with Crippen molar-refractivity contribution in [3.05, 3.63) is 71.3 Å². The van der Waals surface area contributed by atoms with Gasteiger partial charge < -0.3 is 14.8 Å². The van der Waals surface area contributed by atoms with E-state index in [2.05, 4.69) is 55.6 Å². The molecule has 0 bridgehead atoms. The third-order valence-electron chi connectivity index (χ3n) is 6.49. The Kier molecular flexibility index (Phi) is 4.54. The van der Waals surface area contributed by atoms with E-state index in [0.717, 1.165) is 28.8 Å². The van der Waals surface area contributed by atoms with Crippen molar-refractivity contribution in [2.75, 3.05) is 19.5 Å². The first kappa shape index (κ1) is 19.7. The number of ketones is 1. The molecule has 0 saturated carbocycles. The van der Waals surface area contributed by atoms with E-state index in [9.17, 15) is 4.79 Å². The Morgan fingerprint density at radius 3 is 2.48 bits per heavy atom. The van der Waals surface area contributed by atoms with Gasteiger partial charge in [0.2, 0.25) is 0 Å². The van der Waals surface area contributed by atoms with Gasteiger partial charge in [-0.3, -0.25) is 4.79 Å². The van der Waals surface area contributed by atoms with Gasteiger partial charge in [-0.2, -0.15) is 0 Å². The molecule has 0 radical (unpaired) electrons. The smallest absolute Gasteiger partial charge is 0.162 e. The molecule has 1 heterocycles. The minimum Gasteiger partial charge on any atom is -0.493 e. The Hall–Kier alpha value is -3.27.